The summed E-state index contributed by atoms with van der Waals surface area (Å²) < 4.78 is 59.1. The van der Waals surface area contributed by atoms with E-state index < -0.39 is 28.8 Å². The Morgan fingerprint density at radius 3 is 2.15 bits per heavy atom. The van der Waals surface area contributed by atoms with Gasteiger partial charge in [0.1, 0.15) is 29.3 Å². The molecule has 0 heterocycles. The number of hydrogen-bond donors (Lipinski definition) is 0. The Morgan fingerprint density at radius 1 is 0.735 bits per heavy atom. The van der Waals surface area contributed by atoms with E-state index in [0.717, 1.165) is 54.8 Å². The molecule has 4 aromatic rings. The van der Waals surface area contributed by atoms with Crippen molar-refractivity contribution in [3.63, 3.8) is 0 Å². The van der Waals surface area contributed by atoms with Crippen molar-refractivity contribution >= 4 is 10.8 Å². The molecule has 0 radical (unpaired) electrons. The molecule has 0 bridgehead atoms. The highest BCUT2D eigenvalue weighted by atomic mass is 19.1. The monoisotopic (exact) mass is 461 g/mol. The number of benzene rings is 4. The van der Waals surface area contributed by atoms with Gasteiger partial charge in [0.15, 0.2) is 0 Å². The summed E-state index contributed by atoms with van der Waals surface area (Å²) in [6.45, 7) is 2.16. The average molecular weight is 462 g/mol. The van der Waals surface area contributed by atoms with E-state index in [0.29, 0.717) is 5.39 Å². The zero-order chi connectivity index (χ0) is 24.2. The van der Waals surface area contributed by atoms with Crippen molar-refractivity contribution in [2.45, 2.75) is 39.0 Å². The van der Waals surface area contributed by atoms with Gasteiger partial charge in [0.2, 0.25) is 0 Å². The Balaban J connectivity index is 1.68. The fourth-order valence-corrected chi connectivity index (χ4v) is 4.24. The van der Waals surface area contributed by atoms with Crippen LogP contribution in [0.4, 0.5) is 17.6 Å². The second-order valence-electron chi connectivity index (χ2n) is 8.41. The molecule has 172 valence electrons. The molecule has 0 spiro atoms. The molecule has 0 aliphatic carbocycles. The first-order valence-electron chi connectivity index (χ1n) is 11.3. The number of unbranched alkanes of at least 4 members (excludes halogenated alkanes) is 3. The van der Waals surface area contributed by atoms with E-state index >= 15 is 4.39 Å². The third kappa shape index (κ3) is 4.68. The molecular weight excluding hydrogens is 438 g/mol. The summed E-state index contributed by atoms with van der Waals surface area (Å²) in [4.78, 5) is 0. The van der Waals surface area contributed by atoms with E-state index in [9.17, 15) is 13.2 Å². The maximum atomic E-state index is 15.3. The summed E-state index contributed by atoms with van der Waals surface area (Å²) in [5, 5.41) is 9.97. The van der Waals surface area contributed by atoms with Gasteiger partial charge < -0.3 is 0 Å². The van der Waals surface area contributed by atoms with Gasteiger partial charge in [-0.15, -0.1) is 0 Å². The molecule has 4 rings (SSSR count). The lowest BCUT2D eigenvalue weighted by Gasteiger charge is -2.12. The molecule has 0 amide bonds. The van der Waals surface area contributed by atoms with E-state index in [2.05, 4.69) is 6.92 Å². The lowest BCUT2D eigenvalue weighted by atomic mass is 9.95. The van der Waals surface area contributed by atoms with E-state index in [1.165, 1.54) is 24.6 Å². The summed E-state index contributed by atoms with van der Waals surface area (Å²) in [7, 11) is 0. The van der Waals surface area contributed by atoms with E-state index in [4.69, 9.17) is 5.26 Å². The number of halogens is 4. The molecule has 0 atom stereocenters. The van der Waals surface area contributed by atoms with Gasteiger partial charge in [-0.3, -0.25) is 0 Å². The molecule has 0 N–H and O–H groups in total. The van der Waals surface area contributed by atoms with Crippen LogP contribution in [0.25, 0.3) is 33.0 Å². The smallest absolute Gasteiger partial charge is 0.141 e. The third-order valence-electron chi connectivity index (χ3n) is 6.07. The maximum absolute atomic E-state index is 15.3. The van der Waals surface area contributed by atoms with Crippen molar-refractivity contribution in [2.75, 3.05) is 0 Å². The largest absolute Gasteiger partial charge is 0.206 e. The topological polar surface area (TPSA) is 23.8 Å². The minimum absolute atomic E-state index is 0.0384. The second-order valence-corrected chi connectivity index (χ2v) is 8.41. The molecule has 34 heavy (non-hydrogen) atoms. The summed E-state index contributed by atoms with van der Waals surface area (Å²) in [5.41, 5.74) is 0.578. The van der Waals surface area contributed by atoms with E-state index in [1.54, 1.807) is 18.2 Å². The zero-order valence-corrected chi connectivity index (χ0v) is 18.8. The Bertz CT molecular complexity index is 1380. The van der Waals surface area contributed by atoms with Crippen molar-refractivity contribution < 1.29 is 17.6 Å². The Kier molecular flexibility index (Phi) is 6.98. The lowest BCUT2D eigenvalue weighted by Crippen LogP contribution is -1.96. The molecule has 5 heteroatoms. The normalized spacial score (nSPS) is 11.1. The van der Waals surface area contributed by atoms with Crippen LogP contribution in [0, 0.1) is 34.6 Å². The number of fused-ring (bicyclic) bond motifs is 1. The molecule has 4 aromatic carbocycles. The van der Waals surface area contributed by atoms with Crippen LogP contribution < -0.4 is 0 Å². The Labute approximate surface area is 196 Å². The molecule has 0 unspecified atom stereocenters. The first kappa shape index (κ1) is 23.5. The van der Waals surface area contributed by atoms with Crippen LogP contribution in [0.3, 0.4) is 0 Å². The lowest BCUT2D eigenvalue weighted by molar-refractivity contribution is 0.588. The summed E-state index contributed by atoms with van der Waals surface area (Å²) >= 11 is 0. The first-order valence-corrected chi connectivity index (χ1v) is 11.3. The van der Waals surface area contributed by atoms with Crippen molar-refractivity contribution in [3.05, 3.63) is 95.1 Å². The van der Waals surface area contributed by atoms with Crippen LogP contribution in [0.2, 0.25) is 0 Å². The van der Waals surface area contributed by atoms with Crippen LogP contribution in [0.5, 0.6) is 0 Å². The van der Waals surface area contributed by atoms with Crippen molar-refractivity contribution in [3.8, 4) is 28.3 Å². The quantitative estimate of drug-likeness (QED) is 0.199. The van der Waals surface area contributed by atoms with Gasteiger partial charge in [-0.25, -0.2) is 17.6 Å². The molecule has 0 fully saturated rings. The first-order chi connectivity index (χ1) is 16.4. The van der Waals surface area contributed by atoms with Crippen LogP contribution in [-0.4, -0.2) is 0 Å². The minimum atomic E-state index is -0.943. The van der Waals surface area contributed by atoms with Gasteiger partial charge in [0.25, 0.3) is 0 Å². The van der Waals surface area contributed by atoms with Crippen LogP contribution in [0.1, 0.15) is 43.7 Å². The summed E-state index contributed by atoms with van der Waals surface area (Å²) in [6.07, 6.45) is 5.51. The van der Waals surface area contributed by atoms with Crippen LogP contribution in [0.15, 0.2) is 60.7 Å². The predicted molar refractivity (Wildman–Crippen MR) is 127 cm³/mol. The Morgan fingerprint density at radius 2 is 1.47 bits per heavy atom. The van der Waals surface area contributed by atoms with Crippen LogP contribution in [-0.2, 0) is 6.42 Å². The number of aryl methyl sites for hydroxylation is 1. The Hall–Kier alpha value is -3.65. The fourth-order valence-electron chi connectivity index (χ4n) is 4.24. The maximum Gasteiger partial charge on any atom is 0.141 e. The van der Waals surface area contributed by atoms with Gasteiger partial charge >= 0.3 is 0 Å². The highest BCUT2D eigenvalue weighted by Crippen LogP contribution is 2.35. The van der Waals surface area contributed by atoms with E-state index in [1.807, 2.05) is 12.1 Å². The van der Waals surface area contributed by atoms with Gasteiger partial charge in [-0.1, -0.05) is 62.6 Å². The highest BCUT2D eigenvalue weighted by molar-refractivity contribution is 5.89. The summed E-state index contributed by atoms with van der Waals surface area (Å²) in [5.74, 6) is -3.30. The summed E-state index contributed by atoms with van der Waals surface area (Å²) in [6, 6.07) is 15.9. The molecule has 1 nitrogen and oxygen atoms in total. The molecule has 0 saturated carbocycles. The van der Waals surface area contributed by atoms with Crippen LogP contribution >= 0.6 is 0 Å². The number of hydrogen-bond acceptors (Lipinski definition) is 1. The van der Waals surface area contributed by atoms with Crippen molar-refractivity contribution in [2.24, 2.45) is 0 Å². The molecular formula is C29H23F4N. The molecule has 0 aromatic heterocycles. The predicted octanol–water partition coefficient (Wildman–Crippen LogP) is 8.72. The molecule has 0 aliphatic rings. The van der Waals surface area contributed by atoms with Gasteiger partial charge in [0.05, 0.1) is 11.1 Å². The van der Waals surface area contributed by atoms with Crippen molar-refractivity contribution in [1.29, 1.82) is 5.26 Å². The standard InChI is InChI=1S/C29H23F4N/c1-2-3-4-5-6-18-7-11-23-19(13-18)10-12-24(29(23)33)22-15-26(31)28(27(32)16-22)20-8-9-21(17-34)25(30)14-20/h7-16H,2-6H2,1H3. The highest BCUT2D eigenvalue weighted by Gasteiger charge is 2.18. The fraction of sp³-hybridized carbons (Fsp3) is 0.207. The average Bonchev–Trinajstić information content (AvgIpc) is 2.82. The van der Waals surface area contributed by atoms with Crippen molar-refractivity contribution in [1.82, 2.24) is 0 Å². The molecule has 0 saturated heterocycles. The number of rotatable bonds is 7. The van der Waals surface area contributed by atoms with Gasteiger partial charge in [0, 0.05) is 10.9 Å². The van der Waals surface area contributed by atoms with Gasteiger partial charge in [-0.2, -0.15) is 5.26 Å². The SMILES string of the molecule is CCCCCCc1ccc2c(F)c(-c3cc(F)c(-c4ccc(C#N)c(F)c4)c(F)c3)ccc2c1. The zero-order valence-electron chi connectivity index (χ0n) is 18.8. The second kappa shape index (κ2) is 10.1. The number of nitrogens with zero attached hydrogens (tertiary/aromatic N) is 1. The minimum Gasteiger partial charge on any atom is -0.206 e. The molecule has 0 aliphatic heterocycles. The van der Waals surface area contributed by atoms with E-state index in [-0.39, 0.29) is 22.3 Å². The number of nitriles is 1. The third-order valence-corrected chi connectivity index (χ3v) is 6.07. The van der Waals surface area contributed by atoms with Gasteiger partial charge in [-0.05, 0) is 59.2 Å².